The van der Waals surface area contributed by atoms with Crippen LogP contribution in [0.1, 0.15) is 36.1 Å². The molecule has 5 heteroatoms. The van der Waals surface area contributed by atoms with E-state index in [9.17, 15) is 10.1 Å². The van der Waals surface area contributed by atoms with Crippen molar-refractivity contribution in [1.82, 2.24) is 0 Å². The van der Waals surface area contributed by atoms with Crippen LogP contribution in [0.4, 0.5) is 5.69 Å². The van der Waals surface area contributed by atoms with E-state index in [-0.39, 0.29) is 16.7 Å². The highest BCUT2D eigenvalue weighted by molar-refractivity contribution is 5.56. The predicted octanol–water partition coefficient (Wildman–Crippen LogP) is 4.55. The maximum Gasteiger partial charge on any atom is 0.311 e. The fourth-order valence-corrected chi connectivity index (χ4v) is 3.35. The number of aryl methyl sites for hydroxylation is 2. The third-order valence-corrected chi connectivity index (χ3v) is 4.37. The van der Waals surface area contributed by atoms with Crippen molar-refractivity contribution in [3.05, 3.63) is 62.7 Å². The summed E-state index contributed by atoms with van der Waals surface area (Å²) in [6.07, 6.45) is 2.24. The monoisotopic (exact) mass is 341 g/mol. The molecule has 0 bridgehead atoms. The molecule has 0 aliphatic carbocycles. The van der Waals surface area contributed by atoms with E-state index in [0.29, 0.717) is 11.9 Å². The number of benzene rings is 2. The van der Waals surface area contributed by atoms with Gasteiger partial charge in [-0.3, -0.25) is 10.1 Å². The molecule has 0 fully saturated rings. The lowest BCUT2D eigenvalue weighted by Gasteiger charge is -2.03. The highest BCUT2D eigenvalue weighted by Crippen LogP contribution is 2.38. The Labute approximate surface area is 147 Å². The highest BCUT2D eigenvalue weighted by Gasteiger charge is 2.28. The third kappa shape index (κ3) is 3.76. The summed E-state index contributed by atoms with van der Waals surface area (Å²) < 4.78 is 11.0. The van der Waals surface area contributed by atoms with Crippen LogP contribution in [0.25, 0.3) is 0 Å². The summed E-state index contributed by atoms with van der Waals surface area (Å²) in [5, 5.41) is 10.7. The number of fused-ring (bicyclic) bond motifs is 2. The average Bonchev–Trinajstić information content (AvgIpc) is 3.07. The Kier molecular flexibility index (Phi) is 4.66. The van der Waals surface area contributed by atoms with Gasteiger partial charge in [0.25, 0.3) is 0 Å². The van der Waals surface area contributed by atoms with Gasteiger partial charge in [-0.05, 0) is 44.9 Å². The molecule has 2 aliphatic rings. The lowest BCUT2D eigenvalue weighted by atomic mass is 10.1. The first-order valence-electron chi connectivity index (χ1n) is 8.54. The molecule has 2 aromatic rings. The number of nitro benzene ring substituents is 1. The molecular weight excluding hydrogens is 318 g/mol. The number of nitrogens with zero attached hydrogens (tertiary/aromatic N) is 1. The van der Waals surface area contributed by atoms with E-state index in [1.165, 1.54) is 11.1 Å². The second-order valence-corrected chi connectivity index (χ2v) is 6.91. The Morgan fingerprint density at radius 2 is 1.60 bits per heavy atom. The summed E-state index contributed by atoms with van der Waals surface area (Å²) in [6.45, 7) is 7.99. The first-order chi connectivity index (χ1) is 11.8. The SMILES string of the molecule is Cc1cc2c(c([N+](=O)[O-])c1)O[C@@H](C)C2.Cc1ccc2c(c1)C[C@H](C)O2. The van der Waals surface area contributed by atoms with Crippen LogP contribution in [0.2, 0.25) is 0 Å². The molecule has 0 N–H and O–H groups in total. The van der Waals surface area contributed by atoms with Gasteiger partial charge < -0.3 is 9.47 Å². The molecule has 5 nitrogen and oxygen atoms in total. The van der Waals surface area contributed by atoms with Crippen LogP contribution in [-0.4, -0.2) is 17.1 Å². The minimum Gasteiger partial charge on any atom is -0.490 e. The quantitative estimate of drug-likeness (QED) is 0.564. The minimum atomic E-state index is -0.385. The van der Waals surface area contributed by atoms with Crippen molar-refractivity contribution in [2.45, 2.75) is 52.7 Å². The van der Waals surface area contributed by atoms with Crippen molar-refractivity contribution < 1.29 is 14.4 Å². The zero-order valence-electron chi connectivity index (χ0n) is 15.0. The van der Waals surface area contributed by atoms with Gasteiger partial charge >= 0.3 is 5.69 Å². The molecule has 0 saturated heterocycles. The number of hydrogen-bond donors (Lipinski definition) is 0. The molecule has 0 radical (unpaired) electrons. The van der Waals surface area contributed by atoms with Crippen molar-refractivity contribution in [3.8, 4) is 11.5 Å². The molecule has 0 saturated carbocycles. The van der Waals surface area contributed by atoms with Gasteiger partial charge in [-0.2, -0.15) is 0 Å². The van der Waals surface area contributed by atoms with Crippen LogP contribution in [0.5, 0.6) is 11.5 Å². The molecule has 2 aliphatic heterocycles. The van der Waals surface area contributed by atoms with E-state index in [0.717, 1.165) is 29.7 Å². The van der Waals surface area contributed by atoms with Crippen LogP contribution in [0, 0.1) is 24.0 Å². The lowest BCUT2D eigenvalue weighted by molar-refractivity contribution is -0.385. The Hall–Kier alpha value is -2.56. The van der Waals surface area contributed by atoms with Gasteiger partial charge in [-0.1, -0.05) is 23.8 Å². The zero-order valence-corrected chi connectivity index (χ0v) is 15.0. The van der Waals surface area contributed by atoms with E-state index in [1.807, 2.05) is 19.9 Å². The smallest absolute Gasteiger partial charge is 0.311 e. The molecule has 0 aromatic heterocycles. The molecular formula is C20H23NO4. The van der Waals surface area contributed by atoms with E-state index in [4.69, 9.17) is 9.47 Å². The average molecular weight is 341 g/mol. The van der Waals surface area contributed by atoms with Crippen molar-refractivity contribution in [2.24, 2.45) is 0 Å². The predicted molar refractivity (Wildman–Crippen MR) is 96.6 cm³/mol. The van der Waals surface area contributed by atoms with Gasteiger partial charge in [-0.25, -0.2) is 0 Å². The Bertz CT molecular complexity index is 816. The summed E-state index contributed by atoms with van der Waals surface area (Å²) in [5.74, 6) is 1.52. The summed E-state index contributed by atoms with van der Waals surface area (Å²) in [6, 6.07) is 9.87. The Morgan fingerprint density at radius 1 is 0.960 bits per heavy atom. The molecule has 25 heavy (non-hydrogen) atoms. The summed E-state index contributed by atoms with van der Waals surface area (Å²) >= 11 is 0. The summed E-state index contributed by atoms with van der Waals surface area (Å²) in [7, 11) is 0. The third-order valence-electron chi connectivity index (χ3n) is 4.37. The normalized spacial score (nSPS) is 19.8. The molecule has 0 spiro atoms. The Balaban J connectivity index is 0.000000150. The van der Waals surface area contributed by atoms with Crippen LogP contribution >= 0.6 is 0 Å². The number of hydrogen-bond acceptors (Lipinski definition) is 4. The van der Waals surface area contributed by atoms with Crippen LogP contribution in [0.15, 0.2) is 30.3 Å². The fourth-order valence-electron chi connectivity index (χ4n) is 3.35. The number of rotatable bonds is 1. The second-order valence-electron chi connectivity index (χ2n) is 6.91. The molecule has 2 atom stereocenters. The van der Waals surface area contributed by atoms with E-state index in [1.54, 1.807) is 6.07 Å². The van der Waals surface area contributed by atoms with Crippen LogP contribution < -0.4 is 9.47 Å². The first-order valence-corrected chi connectivity index (χ1v) is 8.54. The maximum atomic E-state index is 10.7. The maximum absolute atomic E-state index is 10.7. The lowest BCUT2D eigenvalue weighted by Crippen LogP contribution is -2.05. The molecule has 2 aromatic carbocycles. The van der Waals surface area contributed by atoms with Gasteiger partial charge in [0.2, 0.25) is 5.75 Å². The molecule has 132 valence electrons. The second kappa shape index (κ2) is 6.75. The zero-order chi connectivity index (χ0) is 18.1. The van der Waals surface area contributed by atoms with Gasteiger partial charge in [-0.15, -0.1) is 0 Å². The first kappa shape index (κ1) is 17.3. The van der Waals surface area contributed by atoms with E-state index < -0.39 is 0 Å². The largest absolute Gasteiger partial charge is 0.490 e. The van der Waals surface area contributed by atoms with Crippen molar-refractivity contribution in [1.29, 1.82) is 0 Å². The molecule has 0 amide bonds. The standard InChI is InChI=1S/C10H11NO3.C10H12O/c1-6-3-8-5-7(2)14-10(8)9(4-6)11(12)13;1-7-3-4-10-9(5-7)6-8(2)11-10/h3-4,7H,5H2,1-2H3;3-5,8H,6H2,1-2H3/t7-;8-/m00/s1. The van der Waals surface area contributed by atoms with E-state index >= 15 is 0 Å². The fraction of sp³-hybridized carbons (Fsp3) is 0.400. The van der Waals surface area contributed by atoms with Gasteiger partial charge in [0.1, 0.15) is 18.0 Å². The van der Waals surface area contributed by atoms with Gasteiger partial charge in [0, 0.05) is 24.5 Å². The van der Waals surface area contributed by atoms with Crippen molar-refractivity contribution >= 4 is 5.69 Å². The van der Waals surface area contributed by atoms with Crippen LogP contribution in [-0.2, 0) is 12.8 Å². The summed E-state index contributed by atoms with van der Waals surface area (Å²) in [5.41, 5.74) is 4.63. The Morgan fingerprint density at radius 3 is 2.32 bits per heavy atom. The molecule has 2 heterocycles. The van der Waals surface area contributed by atoms with Crippen molar-refractivity contribution in [3.63, 3.8) is 0 Å². The topological polar surface area (TPSA) is 61.6 Å². The molecule has 0 unspecified atom stereocenters. The number of nitro groups is 1. The highest BCUT2D eigenvalue weighted by atomic mass is 16.6. The van der Waals surface area contributed by atoms with Gasteiger partial charge in [0.15, 0.2) is 0 Å². The van der Waals surface area contributed by atoms with Crippen LogP contribution in [0.3, 0.4) is 0 Å². The molecule has 4 rings (SSSR count). The number of ether oxygens (including phenoxy) is 2. The van der Waals surface area contributed by atoms with E-state index in [2.05, 4.69) is 32.0 Å². The minimum absolute atomic E-state index is 0.0468. The van der Waals surface area contributed by atoms with Gasteiger partial charge in [0.05, 0.1) is 4.92 Å². The summed E-state index contributed by atoms with van der Waals surface area (Å²) in [4.78, 5) is 10.4. The van der Waals surface area contributed by atoms with Crippen molar-refractivity contribution in [2.75, 3.05) is 0 Å².